The molecule has 8 nitrogen and oxygen atoms in total. The molecule has 9 rings (SSSR count). The molecular formula is C60H72N8+4. The topological polar surface area (TPSA) is 63.2 Å². The summed E-state index contributed by atoms with van der Waals surface area (Å²) >= 11 is 0. The molecule has 0 saturated carbocycles. The molecule has 4 aromatic carbocycles. The van der Waals surface area contributed by atoms with Crippen molar-refractivity contribution in [3.8, 4) is 0 Å². The summed E-state index contributed by atoms with van der Waals surface area (Å²) in [6.45, 7) is 3.79. The van der Waals surface area contributed by atoms with E-state index < -0.39 is 0 Å². The Labute approximate surface area is 403 Å². The lowest BCUT2D eigenvalue weighted by molar-refractivity contribution is -0.884. The predicted molar refractivity (Wildman–Crippen MR) is 281 cm³/mol. The number of H-pyrrole nitrogens is 4. The van der Waals surface area contributed by atoms with Crippen molar-refractivity contribution in [2.45, 2.75) is 26.2 Å². The van der Waals surface area contributed by atoms with Crippen molar-refractivity contribution < 1.29 is 17.9 Å². The highest BCUT2D eigenvalue weighted by Crippen LogP contribution is 2.29. The van der Waals surface area contributed by atoms with Gasteiger partial charge in [0.2, 0.25) is 0 Å². The first-order valence-corrected chi connectivity index (χ1v) is 24.0. The first-order valence-electron chi connectivity index (χ1n) is 24.0. The number of nitrogens with one attached hydrogen (secondary N) is 4. The summed E-state index contributed by atoms with van der Waals surface area (Å²) in [5.74, 6) is 0. The van der Waals surface area contributed by atoms with Crippen molar-refractivity contribution >= 4 is 22.3 Å². The van der Waals surface area contributed by atoms with Gasteiger partial charge in [-0.3, -0.25) is 0 Å². The van der Waals surface area contributed by atoms with Crippen LogP contribution in [0.4, 0.5) is 0 Å². The molecule has 8 heteroatoms. The zero-order chi connectivity index (χ0) is 48.2. The van der Waals surface area contributed by atoms with E-state index in [4.69, 9.17) is 0 Å². The van der Waals surface area contributed by atoms with Crippen LogP contribution in [0.2, 0.25) is 0 Å². The molecule has 1 aliphatic rings. The molecule has 4 N–H and O–H groups in total. The van der Waals surface area contributed by atoms with Gasteiger partial charge in [-0.05, 0) is 70.8 Å². The van der Waals surface area contributed by atoms with Crippen LogP contribution in [0.5, 0.6) is 0 Å². The van der Waals surface area contributed by atoms with Crippen LogP contribution in [0.1, 0.15) is 67.3 Å². The van der Waals surface area contributed by atoms with E-state index in [-0.39, 0.29) is 0 Å². The molecule has 8 bridgehead atoms. The fourth-order valence-corrected chi connectivity index (χ4v) is 9.87. The zero-order valence-corrected chi connectivity index (χ0v) is 42.5. The number of hydrogen-bond acceptors (Lipinski definition) is 0. The van der Waals surface area contributed by atoms with Gasteiger partial charge in [-0.2, -0.15) is 0 Å². The van der Waals surface area contributed by atoms with E-state index in [1.165, 1.54) is 22.3 Å². The van der Waals surface area contributed by atoms with E-state index in [1.54, 1.807) is 0 Å². The van der Waals surface area contributed by atoms with E-state index in [9.17, 15) is 0 Å². The maximum atomic E-state index is 3.99. The van der Waals surface area contributed by atoms with Crippen LogP contribution < -0.4 is 21.4 Å². The Balaban J connectivity index is 1.33. The minimum atomic E-state index is 0.864. The summed E-state index contributed by atoms with van der Waals surface area (Å²) in [4.78, 5) is 16.0. The summed E-state index contributed by atoms with van der Waals surface area (Å²) in [6.07, 6.45) is 0. The second kappa shape index (κ2) is 17.8. The lowest BCUT2D eigenvalue weighted by Crippen LogP contribution is -2.33. The second-order valence-electron chi connectivity index (χ2n) is 23.2. The van der Waals surface area contributed by atoms with Crippen molar-refractivity contribution in [2.75, 3.05) is 84.6 Å². The van der Waals surface area contributed by atoms with Gasteiger partial charge in [0.25, 0.3) is 0 Å². The molecule has 0 amide bonds. The van der Waals surface area contributed by atoms with Gasteiger partial charge in [-0.1, -0.05) is 97.1 Å². The quantitative estimate of drug-likeness (QED) is 0.0945. The highest BCUT2D eigenvalue weighted by molar-refractivity contribution is 5.85. The number of nitrogens with zero attached hydrogens (tertiary/aromatic N) is 4. The van der Waals surface area contributed by atoms with Gasteiger partial charge in [0.05, 0.1) is 84.6 Å². The van der Waals surface area contributed by atoms with Gasteiger partial charge < -0.3 is 37.9 Å². The first kappa shape index (κ1) is 46.4. The minimum absolute atomic E-state index is 0.864. The van der Waals surface area contributed by atoms with Crippen molar-refractivity contribution in [1.29, 1.82) is 0 Å². The van der Waals surface area contributed by atoms with Gasteiger partial charge >= 0.3 is 0 Å². The summed E-state index contributed by atoms with van der Waals surface area (Å²) in [6, 6.07) is 54.6. The Kier molecular flexibility index (Phi) is 12.1. The number of hydrogen-bond donors (Lipinski definition) is 4. The molecule has 0 atom stereocenters. The predicted octanol–water partition coefficient (Wildman–Crippen LogP) is 7.13. The molecule has 0 saturated heterocycles. The number of fused-ring (bicyclic) bond motifs is 8. The van der Waals surface area contributed by atoms with E-state index in [0.29, 0.717) is 0 Å². The summed E-state index contributed by atoms with van der Waals surface area (Å²) in [5.41, 5.74) is 18.5. The molecule has 0 unspecified atom stereocenters. The molecule has 0 radical (unpaired) electrons. The third kappa shape index (κ3) is 10.7. The Bertz CT molecular complexity index is 2880. The molecular weight excluding hydrogens is 833 g/mol. The number of aromatic nitrogens is 4. The largest absolute Gasteiger partial charge is 0.354 e. The minimum Gasteiger partial charge on any atom is -0.354 e. The standard InChI is InChI=1S/C60H72N8/c1-65(2,3)37-41-13-21-45(22-14-41)57-49-29-31-51(61-49)58(46-23-15-42(16-24-46)38-66(4,5)6)53-33-35-55(63-53)60(48-27-19-44(20-28-48)40-68(10,11)12)56-36-34-54(64-56)59(52-32-30-50(57)62-52)47-25-17-43(18-26-47)39-67(7,8)9/h13-36,61-64H,37-40H2,1-12H3/q+4. The van der Waals surface area contributed by atoms with Crippen LogP contribution in [0.3, 0.4) is 0 Å². The fourth-order valence-electron chi connectivity index (χ4n) is 9.87. The number of aromatic amines is 4. The van der Waals surface area contributed by atoms with Crippen molar-refractivity contribution in [3.63, 3.8) is 0 Å². The van der Waals surface area contributed by atoms with Crippen molar-refractivity contribution in [3.05, 3.63) is 234 Å². The SMILES string of the molecule is C[N+](C)(C)Cc1ccc(C2=c3ccc([nH]3)=C(c3ccc(C[N+](C)(C)C)cc3)c3ccc([nH]3)C(c3ccc(C[N+](C)(C)C)cc3)=c3ccc([nH]3)=C(c3ccc(C[N+](C)(C)C)cc3)c3ccc2[nH]3)cc1. The molecule has 1 aliphatic heterocycles. The number of benzene rings is 4. The maximum Gasteiger partial charge on any atom is 0.104 e. The lowest BCUT2D eigenvalue weighted by Gasteiger charge is -2.24. The van der Waals surface area contributed by atoms with Crippen LogP contribution in [-0.4, -0.2) is 122 Å². The Morgan fingerprint density at radius 2 is 0.426 bits per heavy atom. The molecule has 0 aliphatic carbocycles. The average molecular weight is 905 g/mol. The average Bonchev–Trinajstić information content (AvgIpc) is 4.09. The van der Waals surface area contributed by atoms with Crippen LogP contribution >= 0.6 is 0 Å². The van der Waals surface area contributed by atoms with E-state index in [1.807, 2.05) is 0 Å². The molecule has 0 fully saturated rings. The van der Waals surface area contributed by atoms with Gasteiger partial charge in [0.15, 0.2) is 0 Å². The summed E-state index contributed by atoms with van der Waals surface area (Å²) < 4.78 is 3.46. The molecule has 8 aromatic rings. The molecule has 348 valence electrons. The lowest BCUT2D eigenvalue weighted by atomic mass is 10.0. The van der Waals surface area contributed by atoms with Crippen LogP contribution in [-0.2, 0) is 26.2 Å². The number of quaternary nitrogens is 4. The highest BCUT2D eigenvalue weighted by atomic mass is 15.3. The maximum absolute atomic E-state index is 3.99. The Morgan fingerprint density at radius 1 is 0.235 bits per heavy atom. The van der Waals surface area contributed by atoms with Gasteiger partial charge in [0.1, 0.15) is 26.2 Å². The molecule has 4 aromatic heterocycles. The van der Waals surface area contributed by atoms with Crippen LogP contribution in [0, 0.1) is 0 Å². The van der Waals surface area contributed by atoms with Gasteiger partial charge in [-0.25, -0.2) is 0 Å². The van der Waals surface area contributed by atoms with Crippen LogP contribution in [0.15, 0.2) is 146 Å². The van der Waals surface area contributed by atoms with Crippen molar-refractivity contribution in [1.82, 2.24) is 19.9 Å². The molecule has 5 heterocycles. The first-order chi connectivity index (χ1) is 32.1. The zero-order valence-electron chi connectivity index (χ0n) is 42.5. The summed E-state index contributed by atoms with van der Waals surface area (Å²) in [5, 5.41) is 4.17. The Hall–Kier alpha value is -6.68. The van der Waals surface area contributed by atoms with Gasteiger partial charge in [0, 0.05) is 88.7 Å². The van der Waals surface area contributed by atoms with Crippen molar-refractivity contribution in [2.24, 2.45) is 0 Å². The second-order valence-corrected chi connectivity index (χ2v) is 23.2. The Morgan fingerprint density at radius 3 is 0.603 bits per heavy atom. The van der Waals surface area contributed by atoms with Crippen LogP contribution in [0.25, 0.3) is 22.3 Å². The van der Waals surface area contributed by atoms with E-state index in [2.05, 4.69) is 250 Å². The smallest absolute Gasteiger partial charge is 0.104 e. The third-order valence-corrected chi connectivity index (χ3v) is 12.5. The molecule has 0 spiro atoms. The normalized spacial score (nSPS) is 13.7. The van der Waals surface area contributed by atoms with E-state index in [0.717, 1.165) is 133 Å². The monoisotopic (exact) mass is 905 g/mol. The third-order valence-electron chi connectivity index (χ3n) is 12.5. The highest BCUT2D eigenvalue weighted by Gasteiger charge is 2.21. The number of rotatable bonds is 12. The molecule has 68 heavy (non-hydrogen) atoms. The fraction of sp³-hybridized carbons (Fsp3) is 0.267. The van der Waals surface area contributed by atoms with E-state index >= 15 is 0 Å². The van der Waals surface area contributed by atoms with Gasteiger partial charge in [-0.15, -0.1) is 0 Å². The summed E-state index contributed by atoms with van der Waals surface area (Å²) in [7, 11) is 26.9.